The fraction of sp³-hybridized carbons (Fsp3) is 0.700. The van der Waals surface area contributed by atoms with Crippen molar-refractivity contribution >= 4 is 0 Å². The largest absolute Gasteiger partial charge is 0.444 e. The highest BCUT2D eigenvalue weighted by Crippen LogP contribution is 2.46. The van der Waals surface area contributed by atoms with Gasteiger partial charge in [0.05, 0.1) is 12.7 Å². The SMILES string of the molecule is CCNCc1ncc(C2CC2C)o1. The maximum absolute atomic E-state index is 5.61. The highest BCUT2D eigenvalue weighted by atomic mass is 16.4. The molecule has 3 heteroatoms. The Morgan fingerprint density at radius 2 is 2.46 bits per heavy atom. The maximum atomic E-state index is 5.61. The molecule has 1 aliphatic carbocycles. The van der Waals surface area contributed by atoms with Crippen LogP contribution in [0.2, 0.25) is 0 Å². The Labute approximate surface area is 78.5 Å². The zero-order chi connectivity index (χ0) is 9.26. The van der Waals surface area contributed by atoms with Gasteiger partial charge in [0, 0.05) is 5.92 Å². The summed E-state index contributed by atoms with van der Waals surface area (Å²) in [5.41, 5.74) is 0. The number of nitrogens with zero attached hydrogens (tertiary/aromatic N) is 1. The Kier molecular flexibility index (Phi) is 2.36. The standard InChI is InChI=1S/C10H16N2O/c1-3-11-6-10-12-5-9(13-10)8-4-7(8)2/h5,7-8,11H,3-4,6H2,1-2H3. The van der Waals surface area contributed by atoms with E-state index in [1.165, 1.54) is 6.42 Å². The molecule has 1 aromatic rings. The average Bonchev–Trinajstić information content (AvgIpc) is 2.67. The van der Waals surface area contributed by atoms with Crippen molar-refractivity contribution in [1.82, 2.24) is 10.3 Å². The first-order valence-corrected chi connectivity index (χ1v) is 4.96. The van der Waals surface area contributed by atoms with E-state index in [4.69, 9.17) is 4.42 Å². The van der Waals surface area contributed by atoms with Crippen LogP contribution in [0.4, 0.5) is 0 Å². The molecule has 1 fully saturated rings. The smallest absolute Gasteiger partial charge is 0.208 e. The van der Waals surface area contributed by atoms with Crippen molar-refractivity contribution in [2.45, 2.75) is 32.7 Å². The van der Waals surface area contributed by atoms with Crippen LogP contribution in [0.3, 0.4) is 0 Å². The molecule has 72 valence electrons. The quantitative estimate of drug-likeness (QED) is 0.769. The lowest BCUT2D eigenvalue weighted by Gasteiger charge is -1.94. The predicted octanol–water partition coefficient (Wildman–Crippen LogP) is 1.91. The Morgan fingerprint density at radius 1 is 1.69 bits per heavy atom. The van der Waals surface area contributed by atoms with Crippen molar-refractivity contribution in [3.05, 3.63) is 17.8 Å². The molecule has 2 rings (SSSR count). The molecule has 0 spiro atoms. The molecule has 1 saturated carbocycles. The summed E-state index contributed by atoms with van der Waals surface area (Å²) in [5.74, 6) is 3.32. The van der Waals surface area contributed by atoms with Crippen LogP contribution in [0.1, 0.15) is 37.8 Å². The molecule has 0 aromatic carbocycles. The first kappa shape index (κ1) is 8.75. The Morgan fingerprint density at radius 3 is 3.08 bits per heavy atom. The summed E-state index contributed by atoms with van der Waals surface area (Å²) < 4.78 is 5.61. The second kappa shape index (κ2) is 3.50. The van der Waals surface area contributed by atoms with Crippen molar-refractivity contribution in [2.75, 3.05) is 6.54 Å². The minimum absolute atomic E-state index is 0.642. The molecule has 0 amide bonds. The Bertz CT molecular complexity index is 282. The molecule has 2 atom stereocenters. The van der Waals surface area contributed by atoms with E-state index < -0.39 is 0 Å². The number of aromatic nitrogens is 1. The highest BCUT2D eigenvalue weighted by molar-refractivity contribution is 5.11. The van der Waals surface area contributed by atoms with Gasteiger partial charge >= 0.3 is 0 Å². The van der Waals surface area contributed by atoms with Crippen molar-refractivity contribution in [3.63, 3.8) is 0 Å². The molecular formula is C10H16N2O. The third-order valence-electron chi connectivity index (χ3n) is 2.57. The van der Waals surface area contributed by atoms with Crippen LogP contribution < -0.4 is 5.32 Å². The minimum Gasteiger partial charge on any atom is -0.444 e. The monoisotopic (exact) mass is 180 g/mol. The lowest BCUT2D eigenvalue weighted by molar-refractivity contribution is 0.436. The van der Waals surface area contributed by atoms with Crippen LogP contribution in [0.25, 0.3) is 0 Å². The summed E-state index contributed by atoms with van der Waals surface area (Å²) in [6.07, 6.45) is 3.14. The fourth-order valence-corrected chi connectivity index (χ4v) is 1.53. The zero-order valence-electron chi connectivity index (χ0n) is 8.21. The summed E-state index contributed by atoms with van der Waals surface area (Å²) in [4.78, 5) is 4.22. The van der Waals surface area contributed by atoms with Gasteiger partial charge in [-0.25, -0.2) is 4.98 Å². The Hall–Kier alpha value is -0.830. The minimum atomic E-state index is 0.642. The summed E-state index contributed by atoms with van der Waals surface area (Å²) in [6, 6.07) is 0. The van der Waals surface area contributed by atoms with E-state index in [0.717, 1.165) is 30.7 Å². The van der Waals surface area contributed by atoms with E-state index in [-0.39, 0.29) is 0 Å². The van der Waals surface area contributed by atoms with Gasteiger partial charge < -0.3 is 9.73 Å². The number of hydrogen-bond donors (Lipinski definition) is 1. The number of oxazole rings is 1. The summed E-state index contributed by atoms with van der Waals surface area (Å²) in [6.45, 7) is 6.03. The maximum Gasteiger partial charge on any atom is 0.208 e. The first-order chi connectivity index (χ1) is 6.31. The lowest BCUT2D eigenvalue weighted by atomic mass is 10.3. The Balaban J connectivity index is 1.94. The molecule has 0 saturated heterocycles. The lowest BCUT2D eigenvalue weighted by Crippen LogP contribution is -2.11. The molecule has 3 nitrogen and oxygen atoms in total. The number of rotatable bonds is 4. The highest BCUT2D eigenvalue weighted by Gasteiger charge is 2.36. The van der Waals surface area contributed by atoms with Gasteiger partial charge in [-0.2, -0.15) is 0 Å². The van der Waals surface area contributed by atoms with E-state index in [0.29, 0.717) is 5.92 Å². The molecule has 1 aromatic heterocycles. The molecule has 0 aliphatic heterocycles. The van der Waals surface area contributed by atoms with E-state index in [2.05, 4.69) is 24.1 Å². The van der Waals surface area contributed by atoms with Crippen LogP contribution in [0, 0.1) is 5.92 Å². The second-order valence-corrected chi connectivity index (χ2v) is 3.76. The third-order valence-corrected chi connectivity index (χ3v) is 2.57. The molecule has 1 heterocycles. The summed E-state index contributed by atoms with van der Waals surface area (Å²) in [5, 5.41) is 3.19. The van der Waals surface area contributed by atoms with Gasteiger partial charge in [-0.05, 0) is 18.9 Å². The van der Waals surface area contributed by atoms with Gasteiger partial charge in [-0.1, -0.05) is 13.8 Å². The van der Waals surface area contributed by atoms with E-state index in [1.807, 2.05) is 6.20 Å². The number of hydrogen-bond acceptors (Lipinski definition) is 3. The molecule has 13 heavy (non-hydrogen) atoms. The number of nitrogens with one attached hydrogen (secondary N) is 1. The van der Waals surface area contributed by atoms with E-state index in [1.54, 1.807) is 0 Å². The van der Waals surface area contributed by atoms with Gasteiger partial charge in [0.2, 0.25) is 5.89 Å². The van der Waals surface area contributed by atoms with E-state index >= 15 is 0 Å². The predicted molar refractivity (Wildman–Crippen MR) is 50.4 cm³/mol. The molecule has 2 unspecified atom stereocenters. The van der Waals surface area contributed by atoms with Crippen molar-refractivity contribution in [1.29, 1.82) is 0 Å². The topological polar surface area (TPSA) is 38.1 Å². The van der Waals surface area contributed by atoms with Crippen molar-refractivity contribution < 1.29 is 4.42 Å². The molecular weight excluding hydrogens is 164 g/mol. The van der Waals surface area contributed by atoms with Gasteiger partial charge in [-0.15, -0.1) is 0 Å². The normalized spacial score (nSPS) is 26.3. The molecule has 0 bridgehead atoms. The zero-order valence-corrected chi connectivity index (χ0v) is 8.21. The van der Waals surface area contributed by atoms with Crippen molar-refractivity contribution in [3.8, 4) is 0 Å². The average molecular weight is 180 g/mol. The van der Waals surface area contributed by atoms with Crippen LogP contribution in [0.5, 0.6) is 0 Å². The van der Waals surface area contributed by atoms with Crippen molar-refractivity contribution in [2.24, 2.45) is 5.92 Å². The first-order valence-electron chi connectivity index (χ1n) is 4.96. The van der Waals surface area contributed by atoms with E-state index in [9.17, 15) is 0 Å². The van der Waals surface area contributed by atoms with Gasteiger partial charge in [0.25, 0.3) is 0 Å². The van der Waals surface area contributed by atoms with Crippen LogP contribution in [-0.4, -0.2) is 11.5 Å². The molecule has 0 radical (unpaired) electrons. The summed E-state index contributed by atoms with van der Waals surface area (Å²) in [7, 11) is 0. The van der Waals surface area contributed by atoms with Crippen LogP contribution >= 0.6 is 0 Å². The third kappa shape index (κ3) is 1.91. The van der Waals surface area contributed by atoms with Gasteiger partial charge in [-0.3, -0.25) is 0 Å². The van der Waals surface area contributed by atoms with Crippen LogP contribution in [0.15, 0.2) is 10.6 Å². The molecule has 1 aliphatic rings. The fourth-order valence-electron chi connectivity index (χ4n) is 1.53. The van der Waals surface area contributed by atoms with Crippen LogP contribution in [-0.2, 0) is 6.54 Å². The van der Waals surface area contributed by atoms with Gasteiger partial charge in [0.1, 0.15) is 5.76 Å². The second-order valence-electron chi connectivity index (χ2n) is 3.76. The summed E-state index contributed by atoms with van der Waals surface area (Å²) >= 11 is 0. The van der Waals surface area contributed by atoms with Gasteiger partial charge in [0.15, 0.2) is 0 Å². The molecule has 1 N–H and O–H groups in total.